The fourth-order valence-electron chi connectivity index (χ4n) is 1.64. The lowest BCUT2D eigenvalue weighted by Gasteiger charge is -2.00. The number of ether oxygens (including phenoxy) is 2. The summed E-state index contributed by atoms with van der Waals surface area (Å²) >= 11 is 0. The van der Waals surface area contributed by atoms with Crippen molar-refractivity contribution >= 4 is 5.97 Å². The van der Waals surface area contributed by atoms with Crippen molar-refractivity contribution in [3.63, 3.8) is 0 Å². The van der Waals surface area contributed by atoms with Gasteiger partial charge in [-0.2, -0.15) is 0 Å². The zero-order valence-corrected chi connectivity index (χ0v) is 8.54. The lowest BCUT2D eigenvalue weighted by Crippen LogP contribution is -1.98. The molecule has 86 valence electrons. The minimum absolute atomic E-state index is 0.121. The van der Waals surface area contributed by atoms with Crippen molar-refractivity contribution in [3.8, 4) is 22.8 Å². The molecule has 17 heavy (non-hydrogen) atoms. The molecule has 0 saturated heterocycles. The fourth-order valence-corrected chi connectivity index (χ4v) is 1.64. The van der Waals surface area contributed by atoms with Crippen LogP contribution in [0.1, 0.15) is 10.5 Å². The maximum Gasteiger partial charge on any atom is 0.358 e. The van der Waals surface area contributed by atoms with Gasteiger partial charge in [-0.25, -0.2) is 9.78 Å². The van der Waals surface area contributed by atoms with Gasteiger partial charge in [0.05, 0.1) is 0 Å². The van der Waals surface area contributed by atoms with E-state index in [0.717, 1.165) is 6.39 Å². The molecule has 1 aliphatic rings. The summed E-state index contributed by atoms with van der Waals surface area (Å²) in [5.74, 6) is 0.266. The number of benzene rings is 1. The van der Waals surface area contributed by atoms with E-state index in [4.69, 9.17) is 19.0 Å². The van der Waals surface area contributed by atoms with Crippen LogP contribution < -0.4 is 9.47 Å². The van der Waals surface area contributed by atoms with E-state index in [9.17, 15) is 4.79 Å². The topological polar surface area (TPSA) is 81.8 Å². The molecule has 0 spiro atoms. The number of hydrogen-bond acceptors (Lipinski definition) is 5. The number of nitrogens with zero attached hydrogens (tertiary/aromatic N) is 1. The van der Waals surface area contributed by atoms with E-state index in [1.165, 1.54) is 0 Å². The number of fused-ring (bicyclic) bond motifs is 1. The van der Waals surface area contributed by atoms with Crippen LogP contribution in [0.5, 0.6) is 11.5 Å². The lowest BCUT2D eigenvalue weighted by molar-refractivity contribution is 0.0691. The molecule has 1 N–H and O–H groups in total. The Morgan fingerprint density at radius 3 is 2.94 bits per heavy atom. The van der Waals surface area contributed by atoms with Gasteiger partial charge in [-0.3, -0.25) is 0 Å². The number of carboxylic acid groups (broad SMARTS) is 1. The van der Waals surface area contributed by atoms with Crippen LogP contribution in [-0.4, -0.2) is 22.9 Å². The normalized spacial score (nSPS) is 12.7. The number of carboxylic acids is 1. The highest BCUT2D eigenvalue weighted by Gasteiger charge is 2.20. The maximum absolute atomic E-state index is 10.9. The van der Waals surface area contributed by atoms with Crippen molar-refractivity contribution in [1.82, 2.24) is 4.98 Å². The molecule has 0 radical (unpaired) electrons. The highest BCUT2D eigenvalue weighted by molar-refractivity contribution is 5.92. The van der Waals surface area contributed by atoms with Crippen LogP contribution >= 0.6 is 0 Å². The third kappa shape index (κ3) is 1.50. The van der Waals surface area contributed by atoms with Crippen molar-refractivity contribution in [2.45, 2.75) is 0 Å². The minimum atomic E-state index is -1.13. The van der Waals surface area contributed by atoms with Crippen LogP contribution in [0.2, 0.25) is 0 Å². The quantitative estimate of drug-likeness (QED) is 0.851. The molecular formula is C11H7NO5. The van der Waals surface area contributed by atoms with Crippen molar-refractivity contribution in [3.05, 3.63) is 30.3 Å². The summed E-state index contributed by atoms with van der Waals surface area (Å²) in [5, 5.41) is 8.93. The largest absolute Gasteiger partial charge is 0.476 e. The molecular weight excluding hydrogens is 226 g/mol. The Bertz CT molecular complexity index is 589. The van der Waals surface area contributed by atoms with Gasteiger partial charge in [0, 0.05) is 5.56 Å². The van der Waals surface area contributed by atoms with Gasteiger partial charge in [0.25, 0.3) is 0 Å². The average molecular weight is 233 g/mol. The van der Waals surface area contributed by atoms with Crippen molar-refractivity contribution in [2.75, 3.05) is 6.79 Å². The number of carbonyl (C=O) groups is 1. The summed E-state index contributed by atoms with van der Waals surface area (Å²) in [6, 6.07) is 5.06. The van der Waals surface area contributed by atoms with Gasteiger partial charge >= 0.3 is 5.97 Å². The third-order valence-corrected chi connectivity index (χ3v) is 2.40. The second-order valence-electron chi connectivity index (χ2n) is 3.40. The van der Waals surface area contributed by atoms with Gasteiger partial charge in [-0.05, 0) is 18.2 Å². The van der Waals surface area contributed by atoms with Gasteiger partial charge < -0.3 is 19.0 Å². The Labute approximate surface area is 95.4 Å². The molecule has 6 heteroatoms. The molecule has 0 amide bonds. The molecule has 2 heterocycles. The Kier molecular flexibility index (Phi) is 2.01. The summed E-state index contributed by atoms with van der Waals surface area (Å²) < 4.78 is 15.5. The van der Waals surface area contributed by atoms with Crippen molar-refractivity contribution in [2.24, 2.45) is 0 Å². The zero-order valence-electron chi connectivity index (χ0n) is 8.54. The van der Waals surface area contributed by atoms with E-state index in [1.54, 1.807) is 18.2 Å². The average Bonchev–Trinajstić information content (AvgIpc) is 2.96. The smallest absolute Gasteiger partial charge is 0.358 e. The molecule has 1 aromatic carbocycles. The Balaban J connectivity index is 2.09. The van der Waals surface area contributed by atoms with Crippen LogP contribution in [0.15, 0.2) is 29.0 Å². The highest BCUT2D eigenvalue weighted by atomic mass is 16.7. The number of aromatic carboxylic acids is 1. The zero-order chi connectivity index (χ0) is 11.8. The summed E-state index contributed by atoms with van der Waals surface area (Å²) in [6.45, 7) is 0.168. The number of aromatic nitrogens is 1. The van der Waals surface area contributed by atoms with Crippen LogP contribution in [0.25, 0.3) is 11.3 Å². The van der Waals surface area contributed by atoms with E-state index < -0.39 is 5.97 Å². The predicted molar refractivity (Wildman–Crippen MR) is 55.0 cm³/mol. The number of oxazole rings is 1. The highest BCUT2D eigenvalue weighted by Crippen LogP contribution is 2.36. The second kappa shape index (κ2) is 3.51. The molecule has 0 atom stereocenters. The molecule has 3 rings (SSSR count). The molecule has 0 saturated carbocycles. The molecule has 6 nitrogen and oxygen atoms in total. The van der Waals surface area contributed by atoms with Crippen LogP contribution in [0.3, 0.4) is 0 Å². The van der Waals surface area contributed by atoms with Crippen molar-refractivity contribution in [1.29, 1.82) is 0 Å². The van der Waals surface area contributed by atoms with E-state index >= 15 is 0 Å². The standard InChI is InChI=1S/C11H7NO5/c13-11(14)9-10(15-4-12-9)6-1-2-7-8(3-6)17-5-16-7/h1-4H,5H2,(H,13,14). The Morgan fingerprint density at radius 2 is 2.12 bits per heavy atom. The van der Waals surface area contributed by atoms with Gasteiger partial charge in [-0.1, -0.05) is 0 Å². The summed E-state index contributed by atoms with van der Waals surface area (Å²) in [4.78, 5) is 14.6. The van der Waals surface area contributed by atoms with E-state index in [1.807, 2.05) is 0 Å². The van der Waals surface area contributed by atoms with E-state index in [0.29, 0.717) is 17.1 Å². The first-order chi connectivity index (χ1) is 8.25. The third-order valence-electron chi connectivity index (χ3n) is 2.40. The van der Waals surface area contributed by atoms with Crippen LogP contribution in [-0.2, 0) is 0 Å². The van der Waals surface area contributed by atoms with Gasteiger partial charge in [0.15, 0.2) is 29.3 Å². The van der Waals surface area contributed by atoms with Crippen LogP contribution in [0, 0.1) is 0 Å². The van der Waals surface area contributed by atoms with Gasteiger partial charge in [0.1, 0.15) is 0 Å². The first-order valence-corrected chi connectivity index (χ1v) is 4.82. The molecule has 0 unspecified atom stereocenters. The molecule has 1 aromatic heterocycles. The van der Waals surface area contributed by atoms with E-state index in [2.05, 4.69) is 4.98 Å². The molecule has 0 aliphatic carbocycles. The minimum Gasteiger partial charge on any atom is -0.476 e. The first-order valence-electron chi connectivity index (χ1n) is 4.82. The second-order valence-corrected chi connectivity index (χ2v) is 3.40. The lowest BCUT2D eigenvalue weighted by atomic mass is 10.1. The van der Waals surface area contributed by atoms with Gasteiger partial charge in [0.2, 0.25) is 6.79 Å². The molecule has 1 aliphatic heterocycles. The molecule has 0 bridgehead atoms. The monoisotopic (exact) mass is 233 g/mol. The number of rotatable bonds is 2. The van der Waals surface area contributed by atoms with Crippen LogP contribution in [0.4, 0.5) is 0 Å². The Morgan fingerprint density at radius 1 is 1.29 bits per heavy atom. The van der Waals surface area contributed by atoms with Crippen molar-refractivity contribution < 1.29 is 23.8 Å². The molecule has 0 fully saturated rings. The maximum atomic E-state index is 10.9. The first kappa shape index (κ1) is 9.71. The number of hydrogen-bond donors (Lipinski definition) is 1. The van der Waals surface area contributed by atoms with E-state index in [-0.39, 0.29) is 18.2 Å². The summed E-state index contributed by atoms with van der Waals surface area (Å²) in [7, 11) is 0. The van der Waals surface area contributed by atoms with Gasteiger partial charge in [-0.15, -0.1) is 0 Å². The predicted octanol–water partition coefficient (Wildman–Crippen LogP) is 1.77. The SMILES string of the molecule is O=C(O)c1ncoc1-c1ccc2c(c1)OCO2. The summed E-state index contributed by atoms with van der Waals surface area (Å²) in [6.07, 6.45) is 1.10. The molecule has 2 aromatic rings. The summed E-state index contributed by atoms with van der Waals surface area (Å²) in [5.41, 5.74) is 0.466. The Hall–Kier alpha value is -2.50. The fraction of sp³-hybridized carbons (Fsp3) is 0.0909.